The van der Waals surface area contributed by atoms with Crippen molar-refractivity contribution in [2.45, 2.75) is 34.1 Å². The van der Waals surface area contributed by atoms with Crippen LogP contribution in [0.4, 0.5) is 0 Å². The molecule has 0 aliphatic rings. The summed E-state index contributed by atoms with van der Waals surface area (Å²) in [5, 5.41) is 0. The average Bonchev–Trinajstić information content (AvgIpc) is 2.58. The Bertz CT molecular complexity index is 707. The van der Waals surface area contributed by atoms with E-state index in [0.29, 0.717) is 0 Å². The molecule has 0 radical (unpaired) electrons. The molecule has 2 heteroatoms. The molecule has 3 aromatic rings. The normalized spacial score (nSPS) is 11.4. The SMILES string of the molecule is Cc1ccc(CC(C)(Sc2ccccc2)Sc2ccccc2)cc1. The van der Waals surface area contributed by atoms with Gasteiger partial charge < -0.3 is 0 Å². The quantitative estimate of drug-likeness (QED) is 0.352. The van der Waals surface area contributed by atoms with Crippen LogP contribution in [0.25, 0.3) is 0 Å². The summed E-state index contributed by atoms with van der Waals surface area (Å²) in [6.45, 7) is 4.49. The Hall–Kier alpha value is -1.64. The van der Waals surface area contributed by atoms with Crippen LogP contribution in [-0.4, -0.2) is 4.08 Å². The molecular weight excluding hydrogens is 328 g/mol. The Balaban J connectivity index is 1.85. The van der Waals surface area contributed by atoms with Crippen LogP contribution in [0.3, 0.4) is 0 Å². The molecule has 3 aromatic carbocycles. The number of hydrogen-bond donors (Lipinski definition) is 0. The van der Waals surface area contributed by atoms with Crippen molar-refractivity contribution in [2.75, 3.05) is 0 Å². The summed E-state index contributed by atoms with van der Waals surface area (Å²) >= 11 is 3.90. The highest BCUT2D eigenvalue weighted by Gasteiger charge is 2.27. The maximum atomic E-state index is 2.35. The van der Waals surface area contributed by atoms with Gasteiger partial charge in [0.25, 0.3) is 0 Å². The topological polar surface area (TPSA) is 0 Å². The van der Waals surface area contributed by atoms with Crippen molar-refractivity contribution in [1.82, 2.24) is 0 Å². The summed E-state index contributed by atoms with van der Waals surface area (Å²) in [6.07, 6.45) is 1.02. The Labute approximate surface area is 153 Å². The first-order valence-corrected chi connectivity index (χ1v) is 9.80. The number of rotatable bonds is 6. The van der Waals surface area contributed by atoms with Crippen molar-refractivity contribution >= 4 is 23.5 Å². The molecule has 0 saturated carbocycles. The van der Waals surface area contributed by atoms with Crippen LogP contribution in [0.5, 0.6) is 0 Å². The fourth-order valence-electron chi connectivity index (χ4n) is 2.65. The highest BCUT2D eigenvalue weighted by Crippen LogP contribution is 2.47. The second kappa shape index (κ2) is 7.96. The molecule has 0 unspecified atom stereocenters. The van der Waals surface area contributed by atoms with E-state index in [1.807, 2.05) is 23.5 Å². The minimum Gasteiger partial charge on any atom is -0.108 e. The lowest BCUT2D eigenvalue weighted by molar-refractivity contribution is 0.877. The molecule has 0 N–H and O–H groups in total. The van der Waals surface area contributed by atoms with Gasteiger partial charge in [-0.15, -0.1) is 23.5 Å². The van der Waals surface area contributed by atoms with Crippen molar-refractivity contribution in [3.05, 3.63) is 96.1 Å². The van der Waals surface area contributed by atoms with E-state index in [9.17, 15) is 0 Å². The maximum absolute atomic E-state index is 2.35. The van der Waals surface area contributed by atoms with Gasteiger partial charge in [-0.05, 0) is 50.1 Å². The third-order valence-corrected chi connectivity index (χ3v) is 6.47. The smallest absolute Gasteiger partial charge is 0.0717 e. The molecule has 0 fully saturated rings. The van der Waals surface area contributed by atoms with E-state index >= 15 is 0 Å². The Morgan fingerprint density at radius 1 is 0.667 bits per heavy atom. The molecule has 0 amide bonds. The van der Waals surface area contributed by atoms with E-state index in [1.165, 1.54) is 20.9 Å². The lowest BCUT2D eigenvalue weighted by atomic mass is 10.1. The molecule has 0 aromatic heterocycles. The molecule has 0 atom stereocenters. The largest absolute Gasteiger partial charge is 0.108 e. The van der Waals surface area contributed by atoms with Crippen molar-refractivity contribution in [2.24, 2.45) is 0 Å². The molecule has 3 rings (SSSR count). The summed E-state index contributed by atoms with van der Waals surface area (Å²) in [5.74, 6) is 0. The monoisotopic (exact) mass is 350 g/mol. The Kier molecular flexibility index (Phi) is 5.70. The summed E-state index contributed by atoms with van der Waals surface area (Å²) < 4.78 is 0.0396. The van der Waals surface area contributed by atoms with Crippen molar-refractivity contribution in [3.63, 3.8) is 0 Å². The first-order valence-electron chi connectivity index (χ1n) is 8.17. The molecule has 0 saturated heterocycles. The molecule has 0 aliphatic heterocycles. The predicted molar refractivity (Wildman–Crippen MR) is 108 cm³/mol. The number of thioether (sulfide) groups is 2. The van der Waals surface area contributed by atoms with Crippen molar-refractivity contribution in [1.29, 1.82) is 0 Å². The van der Waals surface area contributed by atoms with Gasteiger partial charge in [-0.1, -0.05) is 66.2 Å². The molecule has 0 spiro atoms. The van der Waals surface area contributed by atoms with E-state index < -0.39 is 0 Å². The molecule has 24 heavy (non-hydrogen) atoms. The van der Waals surface area contributed by atoms with Crippen LogP contribution in [0.15, 0.2) is 94.7 Å². The van der Waals surface area contributed by atoms with Crippen LogP contribution < -0.4 is 0 Å². The zero-order valence-electron chi connectivity index (χ0n) is 14.1. The van der Waals surface area contributed by atoms with Crippen LogP contribution in [-0.2, 0) is 6.42 Å². The zero-order chi connectivity index (χ0) is 16.8. The van der Waals surface area contributed by atoms with Crippen LogP contribution in [0.1, 0.15) is 18.1 Å². The lowest BCUT2D eigenvalue weighted by Crippen LogP contribution is -2.18. The predicted octanol–water partition coefficient (Wildman–Crippen LogP) is 6.84. The third kappa shape index (κ3) is 4.93. The highest BCUT2D eigenvalue weighted by atomic mass is 32.2. The molecule has 0 nitrogen and oxygen atoms in total. The van der Waals surface area contributed by atoms with E-state index in [0.717, 1.165) is 6.42 Å². The van der Waals surface area contributed by atoms with Gasteiger partial charge in [-0.25, -0.2) is 0 Å². The van der Waals surface area contributed by atoms with Crippen molar-refractivity contribution < 1.29 is 0 Å². The van der Waals surface area contributed by atoms with Gasteiger partial charge in [-0.2, -0.15) is 0 Å². The first-order chi connectivity index (χ1) is 11.6. The first kappa shape index (κ1) is 17.2. The van der Waals surface area contributed by atoms with Gasteiger partial charge in [-0.3, -0.25) is 0 Å². The van der Waals surface area contributed by atoms with E-state index in [4.69, 9.17) is 0 Å². The number of hydrogen-bond acceptors (Lipinski definition) is 2. The van der Waals surface area contributed by atoms with Gasteiger partial charge >= 0.3 is 0 Å². The number of aryl methyl sites for hydroxylation is 1. The zero-order valence-corrected chi connectivity index (χ0v) is 15.7. The molecule has 0 bridgehead atoms. The second-order valence-corrected chi connectivity index (χ2v) is 9.54. The molecular formula is C22H22S2. The van der Waals surface area contributed by atoms with E-state index in [1.54, 1.807) is 0 Å². The minimum absolute atomic E-state index is 0.0396. The van der Waals surface area contributed by atoms with Crippen molar-refractivity contribution in [3.8, 4) is 0 Å². The minimum atomic E-state index is 0.0396. The van der Waals surface area contributed by atoms with Crippen LogP contribution in [0.2, 0.25) is 0 Å². The summed E-state index contributed by atoms with van der Waals surface area (Å²) in [7, 11) is 0. The van der Waals surface area contributed by atoms with E-state index in [-0.39, 0.29) is 4.08 Å². The second-order valence-electron chi connectivity index (χ2n) is 6.13. The standard InChI is InChI=1S/C22H22S2/c1-18-13-15-19(16-14-18)17-22(2,23-20-9-5-3-6-10-20)24-21-11-7-4-8-12-21/h3-16H,17H2,1-2H3. The maximum Gasteiger partial charge on any atom is 0.0717 e. The van der Waals surface area contributed by atoms with Gasteiger partial charge in [0.05, 0.1) is 4.08 Å². The Morgan fingerprint density at radius 2 is 1.12 bits per heavy atom. The lowest BCUT2D eigenvalue weighted by Gasteiger charge is -2.29. The van der Waals surface area contributed by atoms with Gasteiger partial charge in [0.2, 0.25) is 0 Å². The highest BCUT2D eigenvalue weighted by molar-refractivity contribution is 8.18. The molecule has 0 aliphatic carbocycles. The van der Waals surface area contributed by atoms with Gasteiger partial charge in [0, 0.05) is 9.79 Å². The fourth-order valence-corrected chi connectivity index (χ4v) is 5.45. The van der Waals surface area contributed by atoms with Gasteiger partial charge in [0.15, 0.2) is 0 Å². The van der Waals surface area contributed by atoms with E-state index in [2.05, 4.69) is 98.8 Å². The molecule has 122 valence electrons. The van der Waals surface area contributed by atoms with Gasteiger partial charge in [0.1, 0.15) is 0 Å². The van der Waals surface area contributed by atoms with Crippen LogP contribution in [0, 0.1) is 6.92 Å². The van der Waals surface area contributed by atoms with Crippen LogP contribution >= 0.6 is 23.5 Å². The Morgan fingerprint density at radius 3 is 1.58 bits per heavy atom. The fraction of sp³-hybridized carbons (Fsp3) is 0.182. The number of benzene rings is 3. The summed E-state index contributed by atoms with van der Waals surface area (Å²) in [6, 6.07) is 30.3. The summed E-state index contributed by atoms with van der Waals surface area (Å²) in [4.78, 5) is 2.63. The average molecular weight is 351 g/mol. The molecule has 0 heterocycles. The third-order valence-electron chi connectivity index (χ3n) is 3.80. The summed E-state index contributed by atoms with van der Waals surface area (Å²) in [5.41, 5.74) is 2.70.